The SMILES string of the molecule is COc1ccc(-c2oc3ccc(Cl)cc3c(=O)c2OCC(=O)c2ccc(C(C)C)cc2)cc1OC. The molecule has 1 heterocycles. The highest BCUT2D eigenvalue weighted by Crippen LogP contribution is 2.37. The first kappa shape index (κ1) is 24.4. The molecule has 0 aliphatic carbocycles. The van der Waals surface area contributed by atoms with Gasteiger partial charge in [0.25, 0.3) is 0 Å². The van der Waals surface area contributed by atoms with Crippen molar-refractivity contribution in [2.75, 3.05) is 20.8 Å². The third-order valence-corrected chi connectivity index (χ3v) is 5.94. The molecule has 0 amide bonds. The number of hydrogen-bond donors (Lipinski definition) is 0. The minimum absolute atomic E-state index is 0.0841. The van der Waals surface area contributed by atoms with Gasteiger partial charge in [0, 0.05) is 16.1 Å². The normalized spacial score (nSPS) is 11.0. The molecule has 4 aromatic rings. The van der Waals surface area contributed by atoms with Crippen LogP contribution < -0.4 is 19.6 Å². The molecule has 0 N–H and O–H groups in total. The molecule has 0 spiro atoms. The Bertz CT molecular complexity index is 1440. The van der Waals surface area contributed by atoms with E-state index < -0.39 is 5.43 Å². The Hall–Kier alpha value is -3.77. The van der Waals surface area contributed by atoms with E-state index >= 15 is 0 Å². The van der Waals surface area contributed by atoms with Crippen molar-refractivity contribution in [3.05, 3.63) is 87.0 Å². The van der Waals surface area contributed by atoms with Crippen molar-refractivity contribution >= 4 is 28.4 Å². The highest BCUT2D eigenvalue weighted by atomic mass is 35.5. The van der Waals surface area contributed by atoms with E-state index in [1.807, 2.05) is 12.1 Å². The van der Waals surface area contributed by atoms with E-state index in [-0.39, 0.29) is 29.3 Å². The number of rotatable bonds is 8. The summed E-state index contributed by atoms with van der Waals surface area (Å²) in [6.45, 7) is 3.83. The summed E-state index contributed by atoms with van der Waals surface area (Å²) in [6.07, 6.45) is 0. The standard InChI is InChI=1S/C28H25ClO6/c1-16(2)17-5-7-18(8-6-17)22(30)15-34-28-26(31)21-14-20(29)10-12-23(21)35-27(28)19-9-11-24(32-3)25(13-19)33-4/h5-14,16H,15H2,1-4H3. The van der Waals surface area contributed by atoms with Crippen LogP contribution in [0.3, 0.4) is 0 Å². The lowest BCUT2D eigenvalue weighted by Crippen LogP contribution is -2.17. The van der Waals surface area contributed by atoms with Gasteiger partial charge in [-0.1, -0.05) is 49.7 Å². The van der Waals surface area contributed by atoms with Gasteiger partial charge in [-0.05, 0) is 47.9 Å². The lowest BCUT2D eigenvalue weighted by atomic mass is 10.0. The summed E-state index contributed by atoms with van der Waals surface area (Å²) in [7, 11) is 3.05. The minimum atomic E-state index is -0.429. The highest BCUT2D eigenvalue weighted by Gasteiger charge is 2.21. The van der Waals surface area contributed by atoms with Crippen molar-refractivity contribution < 1.29 is 23.4 Å². The molecule has 0 aliphatic rings. The summed E-state index contributed by atoms with van der Waals surface area (Å²) in [5.41, 5.74) is 2.06. The van der Waals surface area contributed by atoms with Gasteiger partial charge in [0.2, 0.25) is 11.2 Å². The quantitative estimate of drug-likeness (QED) is 0.261. The summed E-state index contributed by atoms with van der Waals surface area (Å²) in [5, 5.41) is 0.640. The second-order valence-corrected chi connectivity index (χ2v) is 8.72. The van der Waals surface area contributed by atoms with Crippen LogP contribution in [-0.2, 0) is 0 Å². The molecule has 0 fully saturated rings. The predicted molar refractivity (Wildman–Crippen MR) is 136 cm³/mol. The fourth-order valence-corrected chi connectivity index (χ4v) is 3.90. The predicted octanol–water partition coefficient (Wildman–Crippen LogP) is 6.52. The number of carbonyl (C=O) groups excluding carboxylic acids is 1. The van der Waals surface area contributed by atoms with Crippen molar-refractivity contribution in [2.45, 2.75) is 19.8 Å². The van der Waals surface area contributed by atoms with Gasteiger partial charge in [0.05, 0.1) is 19.6 Å². The second kappa shape index (κ2) is 10.2. The smallest absolute Gasteiger partial charge is 0.235 e. The molecule has 180 valence electrons. The van der Waals surface area contributed by atoms with Gasteiger partial charge < -0.3 is 18.6 Å². The first-order chi connectivity index (χ1) is 16.8. The van der Waals surface area contributed by atoms with Gasteiger partial charge in [0.15, 0.2) is 29.6 Å². The molecule has 0 aliphatic heterocycles. The van der Waals surface area contributed by atoms with Crippen LogP contribution in [0.5, 0.6) is 17.2 Å². The van der Waals surface area contributed by atoms with E-state index in [4.69, 9.17) is 30.2 Å². The zero-order chi connectivity index (χ0) is 25.1. The Balaban J connectivity index is 1.76. The van der Waals surface area contributed by atoms with E-state index in [1.165, 1.54) is 20.3 Å². The molecular formula is C28H25ClO6. The summed E-state index contributed by atoms with van der Waals surface area (Å²) >= 11 is 6.11. The van der Waals surface area contributed by atoms with Crippen LogP contribution in [-0.4, -0.2) is 26.6 Å². The number of ether oxygens (including phenoxy) is 3. The van der Waals surface area contributed by atoms with Crippen LogP contribution in [0, 0.1) is 0 Å². The Kier molecular flexibility index (Phi) is 7.12. The molecule has 0 bridgehead atoms. The molecule has 0 unspecified atom stereocenters. The number of fused-ring (bicyclic) bond motifs is 1. The van der Waals surface area contributed by atoms with Gasteiger partial charge in [0.1, 0.15) is 5.58 Å². The van der Waals surface area contributed by atoms with Crippen molar-refractivity contribution in [3.8, 4) is 28.6 Å². The number of benzene rings is 3. The summed E-state index contributed by atoms with van der Waals surface area (Å²) in [4.78, 5) is 26.3. The number of ketones is 1. The average Bonchev–Trinajstić information content (AvgIpc) is 2.87. The van der Waals surface area contributed by atoms with E-state index in [9.17, 15) is 9.59 Å². The maximum absolute atomic E-state index is 13.4. The average molecular weight is 493 g/mol. The largest absolute Gasteiger partial charge is 0.493 e. The van der Waals surface area contributed by atoms with Crippen molar-refractivity contribution in [1.29, 1.82) is 0 Å². The fourth-order valence-electron chi connectivity index (χ4n) is 3.72. The van der Waals surface area contributed by atoms with Crippen LogP contribution in [0.2, 0.25) is 5.02 Å². The molecular weight excluding hydrogens is 468 g/mol. The molecule has 3 aromatic carbocycles. The molecule has 35 heavy (non-hydrogen) atoms. The van der Waals surface area contributed by atoms with Crippen molar-refractivity contribution in [2.24, 2.45) is 0 Å². The number of hydrogen-bond acceptors (Lipinski definition) is 6. The summed E-state index contributed by atoms with van der Waals surface area (Å²) in [5.74, 6) is 1.16. The van der Waals surface area contributed by atoms with Crippen LogP contribution in [0.4, 0.5) is 0 Å². The van der Waals surface area contributed by atoms with Gasteiger partial charge >= 0.3 is 0 Å². The van der Waals surface area contributed by atoms with Crippen LogP contribution >= 0.6 is 11.6 Å². The number of carbonyl (C=O) groups is 1. The Labute approximate surface area is 208 Å². The first-order valence-electron chi connectivity index (χ1n) is 11.1. The third-order valence-electron chi connectivity index (χ3n) is 5.70. The fraction of sp³-hybridized carbons (Fsp3) is 0.214. The van der Waals surface area contributed by atoms with Crippen LogP contribution in [0.25, 0.3) is 22.3 Å². The number of methoxy groups -OCH3 is 2. The molecule has 0 saturated carbocycles. The summed E-state index contributed by atoms with van der Waals surface area (Å²) < 4.78 is 22.6. The van der Waals surface area contributed by atoms with Gasteiger partial charge in [-0.15, -0.1) is 0 Å². The van der Waals surface area contributed by atoms with E-state index in [0.717, 1.165) is 5.56 Å². The topological polar surface area (TPSA) is 75.0 Å². The third kappa shape index (κ3) is 5.03. The monoisotopic (exact) mass is 492 g/mol. The molecule has 0 saturated heterocycles. The van der Waals surface area contributed by atoms with Gasteiger partial charge in [-0.2, -0.15) is 0 Å². The lowest BCUT2D eigenvalue weighted by molar-refractivity contribution is 0.0920. The minimum Gasteiger partial charge on any atom is -0.493 e. The zero-order valence-corrected chi connectivity index (χ0v) is 20.6. The maximum Gasteiger partial charge on any atom is 0.235 e. The van der Waals surface area contributed by atoms with E-state index in [2.05, 4.69) is 13.8 Å². The summed E-state index contributed by atoms with van der Waals surface area (Å²) in [6, 6.07) is 17.2. The highest BCUT2D eigenvalue weighted by molar-refractivity contribution is 6.31. The number of halogens is 1. The Morgan fingerprint density at radius 3 is 2.31 bits per heavy atom. The maximum atomic E-state index is 13.4. The van der Waals surface area contributed by atoms with E-state index in [1.54, 1.807) is 42.5 Å². The van der Waals surface area contributed by atoms with Crippen LogP contribution in [0.15, 0.2) is 69.9 Å². The molecule has 6 nitrogen and oxygen atoms in total. The molecule has 0 atom stereocenters. The molecule has 1 aromatic heterocycles. The molecule has 7 heteroatoms. The first-order valence-corrected chi connectivity index (χ1v) is 11.4. The Morgan fingerprint density at radius 2 is 1.66 bits per heavy atom. The van der Waals surface area contributed by atoms with Crippen molar-refractivity contribution in [1.82, 2.24) is 0 Å². The van der Waals surface area contributed by atoms with Gasteiger partial charge in [-0.3, -0.25) is 9.59 Å². The van der Waals surface area contributed by atoms with Crippen LogP contribution in [0.1, 0.15) is 35.7 Å². The van der Waals surface area contributed by atoms with Gasteiger partial charge in [-0.25, -0.2) is 0 Å². The molecule has 0 radical (unpaired) electrons. The van der Waals surface area contributed by atoms with Crippen molar-refractivity contribution in [3.63, 3.8) is 0 Å². The Morgan fingerprint density at radius 1 is 0.943 bits per heavy atom. The molecule has 4 rings (SSSR count). The number of Topliss-reactive ketones (excluding diaryl/α,β-unsaturated/α-hetero) is 1. The van der Waals surface area contributed by atoms with E-state index in [0.29, 0.717) is 39.1 Å². The second-order valence-electron chi connectivity index (χ2n) is 8.29. The zero-order valence-electron chi connectivity index (χ0n) is 19.9. The lowest BCUT2D eigenvalue weighted by Gasteiger charge is -2.14.